The average Bonchev–Trinajstić information content (AvgIpc) is 1.96. The number of hydrogen-bond donors (Lipinski definition) is 0. The van der Waals surface area contributed by atoms with Crippen LogP contribution in [-0.2, 0) is 0 Å². The molecule has 0 aliphatic heterocycles. The molecular weight excluding hydrogens is 281 g/mol. The molecule has 0 aliphatic rings. The lowest BCUT2D eigenvalue weighted by atomic mass is 10.2. The molecule has 0 unspecified atom stereocenters. The van der Waals surface area contributed by atoms with Crippen LogP contribution in [0.3, 0.4) is 0 Å². The van der Waals surface area contributed by atoms with E-state index in [-0.39, 0.29) is 10.6 Å². The second-order valence-corrected chi connectivity index (χ2v) is 3.39. The number of carbonyl (C=O) groups is 1. The maximum absolute atomic E-state index is 12.5. The van der Waals surface area contributed by atoms with Crippen molar-refractivity contribution in [1.82, 2.24) is 0 Å². The maximum atomic E-state index is 12.5. The van der Waals surface area contributed by atoms with Crippen molar-refractivity contribution >= 4 is 40.5 Å². The number of aldehydes is 1. The summed E-state index contributed by atoms with van der Waals surface area (Å²) in [4.78, 5) is 10.3. The Morgan fingerprint density at radius 3 is 2.73 bits per heavy atom. The topological polar surface area (TPSA) is 17.1 Å². The molecule has 0 amide bonds. The molecule has 0 atom stereocenters. The Balaban J connectivity index is 3.35. The molecule has 0 N–H and O–H groups in total. The summed E-state index contributed by atoms with van der Waals surface area (Å²) in [6, 6.07) is 2.33. The normalized spacial score (nSPS) is 9.73. The quantitative estimate of drug-likeness (QED) is 0.440. The first-order valence-corrected chi connectivity index (χ1v) is 4.20. The van der Waals surface area contributed by atoms with Crippen LogP contribution in [0.5, 0.6) is 0 Å². The van der Waals surface area contributed by atoms with Crippen molar-refractivity contribution in [2.24, 2.45) is 0 Å². The van der Waals surface area contributed by atoms with Crippen molar-refractivity contribution in [2.75, 3.05) is 0 Å². The van der Waals surface area contributed by atoms with Crippen molar-refractivity contribution in [2.45, 2.75) is 0 Å². The summed E-state index contributed by atoms with van der Waals surface area (Å²) < 4.78 is 13.1. The third-order valence-corrected chi connectivity index (χ3v) is 2.97. The first-order chi connectivity index (χ1) is 5.15. The van der Waals surface area contributed by atoms with Crippen LogP contribution in [0.2, 0.25) is 5.02 Å². The van der Waals surface area contributed by atoms with Crippen molar-refractivity contribution in [3.63, 3.8) is 0 Å². The predicted molar refractivity (Wildman–Crippen MR) is 49.5 cm³/mol. The zero-order chi connectivity index (χ0) is 8.43. The lowest BCUT2D eigenvalue weighted by Crippen LogP contribution is -1.88. The van der Waals surface area contributed by atoms with E-state index in [0.29, 0.717) is 9.86 Å². The molecule has 1 aromatic carbocycles. The van der Waals surface area contributed by atoms with Gasteiger partial charge in [-0.25, -0.2) is 4.39 Å². The zero-order valence-electron chi connectivity index (χ0n) is 5.27. The van der Waals surface area contributed by atoms with Crippen LogP contribution in [0.25, 0.3) is 0 Å². The van der Waals surface area contributed by atoms with Gasteiger partial charge in [-0.05, 0) is 34.7 Å². The monoisotopic (exact) mass is 284 g/mol. The molecule has 1 aromatic rings. The minimum Gasteiger partial charge on any atom is -0.298 e. The molecule has 0 heterocycles. The van der Waals surface area contributed by atoms with E-state index < -0.39 is 5.82 Å². The lowest BCUT2D eigenvalue weighted by Gasteiger charge is -1.98. The molecule has 0 saturated carbocycles. The fraction of sp³-hybridized carbons (Fsp3) is 0. The minimum atomic E-state index is -0.488. The van der Waals surface area contributed by atoms with Crippen LogP contribution in [-0.4, -0.2) is 6.29 Å². The van der Waals surface area contributed by atoms with Gasteiger partial charge < -0.3 is 0 Å². The van der Waals surface area contributed by atoms with Crippen LogP contribution >= 0.6 is 34.2 Å². The molecule has 1 rings (SSSR count). The van der Waals surface area contributed by atoms with E-state index in [4.69, 9.17) is 11.6 Å². The Morgan fingerprint density at radius 1 is 1.55 bits per heavy atom. The summed E-state index contributed by atoms with van der Waals surface area (Å²) in [5, 5.41) is 0.271. The highest BCUT2D eigenvalue weighted by atomic mass is 127. The van der Waals surface area contributed by atoms with Gasteiger partial charge in [0.1, 0.15) is 5.82 Å². The Morgan fingerprint density at radius 2 is 2.18 bits per heavy atom. The fourth-order valence-corrected chi connectivity index (χ4v) is 1.31. The molecule has 0 saturated heterocycles. The van der Waals surface area contributed by atoms with Crippen LogP contribution in [0.15, 0.2) is 12.1 Å². The SMILES string of the molecule is O=Cc1cc(F)cc(Cl)c1I. The van der Waals surface area contributed by atoms with E-state index in [1.807, 2.05) is 22.6 Å². The third-order valence-electron chi connectivity index (χ3n) is 1.15. The molecule has 0 spiro atoms. The van der Waals surface area contributed by atoms with Crippen molar-refractivity contribution in [1.29, 1.82) is 0 Å². The van der Waals surface area contributed by atoms with Crippen molar-refractivity contribution < 1.29 is 9.18 Å². The Labute approximate surface area is 81.7 Å². The van der Waals surface area contributed by atoms with Gasteiger partial charge in [0.05, 0.1) is 5.02 Å². The van der Waals surface area contributed by atoms with Gasteiger partial charge in [-0.3, -0.25) is 4.79 Å². The molecule has 4 heteroatoms. The van der Waals surface area contributed by atoms with E-state index in [2.05, 4.69) is 0 Å². The summed E-state index contributed by atoms with van der Waals surface area (Å²) in [6.45, 7) is 0. The molecule has 1 nitrogen and oxygen atoms in total. The number of halogens is 3. The predicted octanol–water partition coefficient (Wildman–Crippen LogP) is 2.90. The Hall–Kier alpha value is -0.160. The molecule has 0 aromatic heterocycles. The van der Waals surface area contributed by atoms with E-state index in [1.54, 1.807) is 0 Å². The fourth-order valence-electron chi connectivity index (χ4n) is 0.662. The van der Waals surface area contributed by atoms with Gasteiger partial charge in [-0.1, -0.05) is 11.6 Å². The molecule has 0 radical (unpaired) electrons. The first-order valence-electron chi connectivity index (χ1n) is 2.75. The minimum absolute atomic E-state index is 0.271. The van der Waals surface area contributed by atoms with Gasteiger partial charge in [-0.2, -0.15) is 0 Å². The highest BCUT2D eigenvalue weighted by Crippen LogP contribution is 2.22. The van der Waals surface area contributed by atoms with Crippen molar-refractivity contribution in [3.8, 4) is 0 Å². The van der Waals surface area contributed by atoms with Crippen LogP contribution in [0.4, 0.5) is 4.39 Å². The van der Waals surface area contributed by atoms with Gasteiger partial charge in [0.2, 0.25) is 0 Å². The lowest BCUT2D eigenvalue weighted by molar-refractivity contribution is 0.112. The van der Waals surface area contributed by atoms with Crippen LogP contribution in [0, 0.1) is 9.39 Å². The summed E-state index contributed by atoms with van der Waals surface area (Å²) in [5.74, 6) is -0.488. The Kier molecular flexibility index (Phi) is 2.84. The molecule has 58 valence electrons. The average molecular weight is 284 g/mol. The molecule has 0 aliphatic carbocycles. The van der Waals surface area contributed by atoms with E-state index >= 15 is 0 Å². The number of carbonyl (C=O) groups excluding carboxylic acids is 1. The van der Waals surface area contributed by atoms with Gasteiger partial charge in [0.25, 0.3) is 0 Å². The van der Waals surface area contributed by atoms with Gasteiger partial charge in [0.15, 0.2) is 6.29 Å². The number of benzene rings is 1. The largest absolute Gasteiger partial charge is 0.298 e. The van der Waals surface area contributed by atoms with Crippen LogP contribution in [0.1, 0.15) is 10.4 Å². The van der Waals surface area contributed by atoms with Gasteiger partial charge in [0, 0.05) is 9.13 Å². The summed E-state index contributed by atoms with van der Waals surface area (Å²) in [5.41, 5.74) is 0.288. The molecule has 11 heavy (non-hydrogen) atoms. The van der Waals surface area contributed by atoms with E-state index in [9.17, 15) is 9.18 Å². The van der Waals surface area contributed by atoms with Crippen LogP contribution < -0.4 is 0 Å². The van der Waals surface area contributed by atoms with Gasteiger partial charge in [-0.15, -0.1) is 0 Å². The van der Waals surface area contributed by atoms with E-state index in [0.717, 1.165) is 6.07 Å². The third kappa shape index (κ3) is 1.90. The highest BCUT2D eigenvalue weighted by molar-refractivity contribution is 14.1. The van der Waals surface area contributed by atoms with Gasteiger partial charge >= 0.3 is 0 Å². The molecule has 0 bridgehead atoms. The van der Waals surface area contributed by atoms with E-state index in [1.165, 1.54) is 6.07 Å². The first kappa shape index (κ1) is 8.93. The molecule has 0 fully saturated rings. The smallest absolute Gasteiger partial charge is 0.151 e. The molecular formula is C7H3ClFIO. The summed E-state index contributed by atoms with van der Waals surface area (Å²) in [7, 11) is 0. The summed E-state index contributed by atoms with van der Waals surface area (Å²) >= 11 is 7.48. The zero-order valence-corrected chi connectivity index (χ0v) is 8.19. The number of hydrogen-bond acceptors (Lipinski definition) is 1. The maximum Gasteiger partial charge on any atom is 0.151 e. The standard InChI is InChI=1S/C7H3ClFIO/c8-6-2-5(9)1-4(3-11)7(6)10/h1-3H. The second-order valence-electron chi connectivity index (χ2n) is 1.91. The second kappa shape index (κ2) is 3.49. The number of rotatable bonds is 1. The Bertz CT molecular complexity index is 301. The highest BCUT2D eigenvalue weighted by Gasteiger charge is 2.05. The summed E-state index contributed by atoms with van der Waals surface area (Å²) in [6.07, 6.45) is 0.580. The van der Waals surface area contributed by atoms with Crippen molar-refractivity contribution in [3.05, 3.63) is 32.1 Å².